The first-order valence-electron chi connectivity index (χ1n) is 8.72. The topological polar surface area (TPSA) is 74.5 Å². The van der Waals surface area contributed by atoms with E-state index >= 15 is 0 Å². The molecule has 0 unspecified atom stereocenters. The van der Waals surface area contributed by atoms with Crippen LogP contribution < -0.4 is 0 Å². The summed E-state index contributed by atoms with van der Waals surface area (Å²) in [5, 5.41) is 3.84. The van der Waals surface area contributed by atoms with Gasteiger partial charge in [-0.1, -0.05) is 41.9 Å². The van der Waals surface area contributed by atoms with Crippen molar-refractivity contribution in [3.63, 3.8) is 0 Å². The lowest BCUT2D eigenvalue weighted by molar-refractivity contribution is -0.137. The minimum atomic E-state index is -0.336. The Balaban J connectivity index is 0.000000260. The van der Waals surface area contributed by atoms with E-state index in [2.05, 4.69) is 16.7 Å². The molecule has 0 aliphatic heterocycles. The number of unbranched alkanes of at least 4 members (excludes halogenated alkanes) is 3. The van der Waals surface area contributed by atoms with Gasteiger partial charge in [-0.3, -0.25) is 0 Å². The number of rotatable bonds is 9. The van der Waals surface area contributed by atoms with Crippen molar-refractivity contribution >= 4 is 5.97 Å². The Morgan fingerprint density at radius 1 is 1.19 bits per heavy atom. The van der Waals surface area contributed by atoms with Gasteiger partial charge in [0, 0.05) is 32.3 Å². The van der Waals surface area contributed by atoms with Gasteiger partial charge in [0.05, 0.1) is 6.61 Å². The summed E-state index contributed by atoms with van der Waals surface area (Å²) in [7, 11) is 1.70. The van der Waals surface area contributed by atoms with Crippen molar-refractivity contribution in [1.29, 1.82) is 0 Å². The van der Waals surface area contributed by atoms with Crippen LogP contribution in [0.1, 0.15) is 37.1 Å². The first-order valence-corrected chi connectivity index (χ1v) is 8.72. The molecular formula is C20H28N2O4. The number of carbonyl (C=O) groups is 1. The van der Waals surface area contributed by atoms with E-state index in [1.165, 1.54) is 11.6 Å². The van der Waals surface area contributed by atoms with Crippen LogP contribution in [-0.4, -0.2) is 36.4 Å². The van der Waals surface area contributed by atoms with Gasteiger partial charge in [0.15, 0.2) is 0 Å². The van der Waals surface area contributed by atoms with Gasteiger partial charge in [0.2, 0.25) is 11.7 Å². The molecule has 0 N–H and O–H groups in total. The molecule has 0 bridgehead atoms. The first-order chi connectivity index (χ1) is 12.6. The number of aryl methyl sites for hydroxylation is 2. The Hall–Kier alpha value is -2.47. The summed E-state index contributed by atoms with van der Waals surface area (Å²) >= 11 is 0. The van der Waals surface area contributed by atoms with Crippen LogP contribution >= 0.6 is 0 Å². The molecular weight excluding hydrogens is 332 g/mol. The summed E-state index contributed by atoms with van der Waals surface area (Å²) < 4.78 is 14.6. The third kappa shape index (κ3) is 9.13. The van der Waals surface area contributed by atoms with Crippen LogP contribution in [0.2, 0.25) is 0 Å². The zero-order valence-corrected chi connectivity index (χ0v) is 15.9. The van der Waals surface area contributed by atoms with Gasteiger partial charge in [-0.05, 0) is 32.3 Å². The third-order valence-electron chi connectivity index (χ3n) is 3.46. The second-order valence-electron chi connectivity index (χ2n) is 5.79. The van der Waals surface area contributed by atoms with E-state index < -0.39 is 0 Å². The summed E-state index contributed by atoms with van der Waals surface area (Å²) in [4.78, 5) is 14.7. The maximum absolute atomic E-state index is 10.6. The highest BCUT2D eigenvalue weighted by Crippen LogP contribution is 2.16. The standard InChI is InChI=1S/C10H10N2O.C10H18O3/c1-7-4-3-5-9(6-7)10-11-8(2)13-12-10;1-3-10(11)13-9-7-5-4-6-8-12-2/h3-6H,1-2H3;3H,1,4-9H2,2H3. The predicted molar refractivity (Wildman–Crippen MR) is 101 cm³/mol. The number of benzene rings is 1. The molecule has 142 valence electrons. The maximum Gasteiger partial charge on any atom is 0.330 e. The van der Waals surface area contributed by atoms with E-state index in [-0.39, 0.29) is 5.97 Å². The lowest BCUT2D eigenvalue weighted by Gasteiger charge is -2.01. The van der Waals surface area contributed by atoms with Crippen LogP contribution in [-0.2, 0) is 14.3 Å². The maximum atomic E-state index is 10.6. The van der Waals surface area contributed by atoms with Crippen molar-refractivity contribution in [1.82, 2.24) is 10.1 Å². The molecule has 0 amide bonds. The van der Waals surface area contributed by atoms with Crippen molar-refractivity contribution in [3.05, 3.63) is 48.4 Å². The molecule has 0 saturated heterocycles. The smallest absolute Gasteiger partial charge is 0.330 e. The quantitative estimate of drug-likeness (QED) is 0.377. The second kappa shape index (κ2) is 12.8. The van der Waals surface area contributed by atoms with Crippen molar-refractivity contribution in [2.24, 2.45) is 0 Å². The molecule has 1 aromatic carbocycles. The number of esters is 1. The molecule has 0 aliphatic rings. The molecule has 0 saturated carbocycles. The average Bonchev–Trinajstić information content (AvgIpc) is 3.08. The SMILES string of the molecule is C=CC(=O)OCCCCCCOC.Cc1cccc(-c2noc(C)n2)c1. The molecule has 1 aromatic heterocycles. The first kappa shape index (κ1) is 21.6. The van der Waals surface area contributed by atoms with Crippen LogP contribution in [0.3, 0.4) is 0 Å². The minimum absolute atomic E-state index is 0.336. The van der Waals surface area contributed by atoms with E-state index in [9.17, 15) is 4.79 Å². The summed E-state index contributed by atoms with van der Waals surface area (Å²) in [5.41, 5.74) is 2.19. The molecule has 0 radical (unpaired) electrons. The zero-order chi connectivity index (χ0) is 19.2. The summed E-state index contributed by atoms with van der Waals surface area (Å²) in [6.45, 7) is 8.44. The second-order valence-corrected chi connectivity index (χ2v) is 5.79. The molecule has 1 heterocycles. The van der Waals surface area contributed by atoms with Gasteiger partial charge >= 0.3 is 5.97 Å². The average molecular weight is 360 g/mol. The highest BCUT2D eigenvalue weighted by Gasteiger charge is 2.04. The highest BCUT2D eigenvalue weighted by molar-refractivity contribution is 5.81. The van der Waals surface area contributed by atoms with Crippen LogP contribution in [0.15, 0.2) is 41.4 Å². The Kier molecular flexibility index (Phi) is 10.6. The Bertz CT molecular complexity index is 667. The minimum Gasteiger partial charge on any atom is -0.463 e. The van der Waals surface area contributed by atoms with E-state index in [1.54, 1.807) is 14.0 Å². The zero-order valence-electron chi connectivity index (χ0n) is 15.9. The molecule has 2 aromatic rings. The van der Waals surface area contributed by atoms with E-state index in [0.29, 0.717) is 18.3 Å². The van der Waals surface area contributed by atoms with E-state index in [0.717, 1.165) is 37.9 Å². The molecule has 0 atom stereocenters. The number of hydrogen-bond donors (Lipinski definition) is 0. The number of aromatic nitrogens is 2. The van der Waals surface area contributed by atoms with Crippen LogP contribution in [0, 0.1) is 13.8 Å². The number of methoxy groups -OCH3 is 1. The fourth-order valence-corrected chi connectivity index (χ4v) is 2.13. The van der Waals surface area contributed by atoms with Gasteiger partial charge < -0.3 is 14.0 Å². The van der Waals surface area contributed by atoms with Gasteiger partial charge in [0.25, 0.3) is 0 Å². The molecule has 26 heavy (non-hydrogen) atoms. The Labute approximate surface area is 155 Å². The van der Waals surface area contributed by atoms with Crippen molar-refractivity contribution in [2.45, 2.75) is 39.5 Å². The van der Waals surface area contributed by atoms with E-state index in [4.69, 9.17) is 14.0 Å². The van der Waals surface area contributed by atoms with Gasteiger partial charge in [-0.15, -0.1) is 0 Å². The van der Waals surface area contributed by atoms with Crippen molar-refractivity contribution in [2.75, 3.05) is 20.3 Å². The summed E-state index contributed by atoms with van der Waals surface area (Å²) in [6.07, 6.45) is 5.38. The third-order valence-corrected chi connectivity index (χ3v) is 3.46. The van der Waals surface area contributed by atoms with Crippen LogP contribution in [0.5, 0.6) is 0 Å². The normalized spacial score (nSPS) is 9.96. The highest BCUT2D eigenvalue weighted by atomic mass is 16.5. The van der Waals surface area contributed by atoms with Gasteiger partial charge in [-0.2, -0.15) is 4.98 Å². The molecule has 0 spiro atoms. The predicted octanol–water partition coefficient (Wildman–Crippen LogP) is 4.28. The summed E-state index contributed by atoms with van der Waals surface area (Å²) in [6, 6.07) is 8.02. The Morgan fingerprint density at radius 3 is 2.50 bits per heavy atom. The number of hydrogen-bond acceptors (Lipinski definition) is 6. The van der Waals surface area contributed by atoms with E-state index in [1.807, 2.05) is 31.2 Å². The molecule has 2 rings (SSSR count). The Morgan fingerprint density at radius 2 is 1.92 bits per heavy atom. The largest absolute Gasteiger partial charge is 0.463 e. The molecule has 0 aliphatic carbocycles. The van der Waals surface area contributed by atoms with Crippen molar-refractivity contribution < 1.29 is 18.8 Å². The van der Waals surface area contributed by atoms with Crippen LogP contribution in [0.25, 0.3) is 11.4 Å². The number of ether oxygens (including phenoxy) is 2. The van der Waals surface area contributed by atoms with Crippen LogP contribution in [0.4, 0.5) is 0 Å². The lowest BCUT2D eigenvalue weighted by atomic mass is 10.1. The van der Waals surface area contributed by atoms with Gasteiger partial charge in [0.1, 0.15) is 0 Å². The lowest BCUT2D eigenvalue weighted by Crippen LogP contribution is -2.01. The number of nitrogens with zero attached hydrogens (tertiary/aromatic N) is 2. The fourth-order valence-electron chi connectivity index (χ4n) is 2.13. The summed E-state index contributed by atoms with van der Waals surface area (Å²) in [5.74, 6) is 0.912. The monoisotopic (exact) mass is 360 g/mol. The van der Waals surface area contributed by atoms with Gasteiger partial charge in [-0.25, -0.2) is 4.79 Å². The number of carbonyl (C=O) groups excluding carboxylic acids is 1. The molecule has 6 nitrogen and oxygen atoms in total. The van der Waals surface area contributed by atoms with Crippen molar-refractivity contribution in [3.8, 4) is 11.4 Å². The molecule has 6 heteroatoms. The molecule has 0 fully saturated rings. The fraction of sp³-hybridized carbons (Fsp3) is 0.450.